The maximum Gasteiger partial charge on any atom is 0.306 e. The molecule has 1 aliphatic heterocycles. The maximum atomic E-state index is 10.8. The zero-order valence-corrected chi connectivity index (χ0v) is 9.65. The van der Waals surface area contributed by atoms with E-state index in [1.807, 2.05) is 0 Å². The number of carbonyl (C=O) groups is 1. The van der Waals surface area contributed by atoms with Crippen LogP contribution in [-0.4, -0.2) is 35.1 Å². The summed E-state index contributed by atoms with van der Waals surface area (Å²) >= 11 is 0. The van der Waals surface area contributed by atoms with Crippen LogP contribution in [0.5, 0.6) is 0 Å². The average molecular weight is 211 g/mol. The molecule has 3 heteroatoms. The quantitative estimate of drug-likeness (QED) is 0.774. The molecule has 0 aromatic heterocycles. The first-order valence-corrected chi connectivity index (χ1v) is 6.06. The van der Waals surface area contributed by atoms with Gasteiger partial charge in [-0.15, -0.1) is 0 Å². The van der Waals surface area contributed by atoms with Gasteiger partial charge in [-0.3, -0.25) is 4.79 Å². The van der Waals surface area contributed by atoms with Crippen molar-refractivity contribution in [3.8, 4) is 0 Å². The van der Waals surface area contributed by atoms with Crippen molar-refractivity contribution < 1.29 is 9.90 Å². The molecule has 0 amide bonds. The van der Waals surface area contributed by atoms with Crippen molar-refractivity contribution in [3.05, 3.63) is 0 Å². The Balaban J connectivity index is 1.78. The van der Waals surface area contributed by atoms with Crippen molar-refractivity contribution >= 4 is 5.97 Å². The Morgan fingerprint density at radius 3 is 2.33 bits per heavy atom. The highest BCUT2D eigenvalue weighted by atomic mass is 16.4. The minimum Gasteiger partial charge on any atom is -0.481 e. The molecular formula is C12H21NO2. The Bertz CT molecular complexity index is 244. The lowest BCUT2D eigenvalue weighted by molar-refractivity contribution is -0.139. The summed E-state index contributed by atoms with van der Waals surface area (Å²) in [5, 5.41) is 8.88. The van der Waals surface area contributed by atoms with Gasteiger partial charge in [-0.2, -0.15) is 0 Å². The van der Waals surface area contributed by atoms with Crippen molar-refractivity contribution in [1.29, 1.82) is 0 Å². The Hall–Kier alpha value is -0.570. The molecule has 0 bridgehead atoms. The number of likely N-dealkylation sites (tertiary alicyclic amines) is 1. The lowest BCUT2D eigenvalue weighted by Crippen LogP contribution is -2.39. The molecule has 0 aromatic rings. The van der Waals surface area contributed by atoms with Crippen LogP contribution in [0.25, 0.3) is 0 Å². The molecule has 2 rings (SSSR count). The molecule has 1 heterocycles. The van der Waals surface area contributed by atoms with Crippen LogP contribution in [-0.2, 0) is 4.79 Å². The fraction of sp³-hybridized carbons (Fsp3) is 0.917. The fourth-order valence-corrected chi connectivity index (χ4v) is 2.88. The van der Waals surface area contributed by atoms with Crippen molar-refractivity contribution in [2.45, 2.75) is 39.2 Å². The minimum atomic E-state index is -0.578. The molecular weight excluding hydrogens is 190 g/mol. The Kier molecular flexibility index (Phi) is 3.01. The summed E-state index contributed by atoms with van der Waals surface area (Å²) in [6.45, 7) is 6.78. The summed E-state index contributed by atoms with van der Waals surface area (Å²) in [4.78, 5) is 13.3. The van der Waals surface area contributed by atoms with Gasteiger partial charge in [0, 0.05) is 6.04 Å². The highest BCUT2D eigenvalue weighted by Gasteiger charge is 2.48. The summed E-state index contributed by atoms with van der Waals surface area (Å²) in [5.41, 5.74) is 0. The Morgan fingerprint density at radius 2 is 1.93 bits per heavy atom. The molecule has 1 aliphatic carbocycles. The van der Waals surface area contributed by atoms with Gasteiger partial charge in [0.05, 0.1) is 5.92 Å². The predicted octanol–water partition coefficient (Wildman–Crippen LogP) is 1.83. The molecule has 2 fully saturated rings. The molecule has 1 N–H and O–H groups in total. The van der Waals surface area contributed by atoms with Crippen LogP contribution in [0.15, 0.2) is 0 Å². The van der Waals surface area contributed by atoms with E-state index in [9.17, 15) is 4.79 Å². The third kappa shape index (κ3) is 2.33. The molecule has 2 atom stereocenters. The first-order chi connectivity index (χ1) is 7.09. The van der Waals surface area contributed by atoms with E-state index in [0.29, 0.717) is 17.9 Å². The van der Waals surface area contributed by atoms with E-state index < -0.39 is 5.97 Å². The summed E-state index contributed by atoms with van der Waals surface area (Å²) in [6, 6.07) is 0.639. The second kappa shape index (κ2) is 4.12. The monoisotopic (exact) mass is 211 g/mol. The smallest absolute Gasteiger partial charge is 0.306 e. The first-order valence-electron chi connectivity index (χ1n) is 6.06. The number of carboxylic acids is 1. The summed E-state index contributed by atoms with van der Waals surface area (Å²) < 4.78 is 0. The van der Waals surface area contributed by atoms with Crippen LogP contribution < -0.4 is 0 Å². The molecule has 1 saturated carbocycles. The van der Waals surface area contributed by atoms with Gasteiger partial charge in [-0.05, 0) is 58.0 Å². The molecule has 0 spiro atoms. The number of hydrogen-bond donors (Lipinski definition) is 1. The van der Waals surface area contributed by atoms with Crippen LogP contribution in [0.3, 0.4) is 0 Å². The van der Waals surface area contributed by atoms with E-state index in [4.69, 9.17) is 5.11 Å². The zero-order chi connectivity index (χ0) is 11.0. The van der Waals surface area contributed by atoms with E-state index in [2.05, 4.69) is 18.7 Å². The molecule has 3 nitrogen and oxygen atoms in total. The van der Waals surface area contributed by atoms with E-state index in [1.54, 1.807) is 0 Å². The van der Waals surface area contributed by atoms with E-state index in [0.717, 1.165) is 19.5 Å². The van der Waals surface area contributed by atoms with Gasteiger partial charge >= 0.3 is 5.97 Å². The van der Waals surface area contributed by atoms with Gasteiger partial charge in [0.15, 0.2) is 0 Å². The highest BCUT2D eigenvalue weighted by Crippen LogP contribution is 2.48. The molecule has 1 saturated heterocycles. The fourth-order valence-electron chi connectivity index (χ4n) is 2.88. The Morgan fingerprint density at radius 1 is 1.33 bits per heavy atom. The van der Waals surface area contributed by atoms with Gasteiger partial charge in [0.1, 0.15) is 0 Å². The van der Waals surface area contributed by atoms with Crippen molar-refractivity contribution in [2.75, 3.05) is 13.1 Å². The third-order valence-electron chi connectivity index (χ3n) is 4.07. The van der Waals surface area contributed by atoms with Gasteiger partial charge in [0.25, 0.3) is 0 Å². The number of piperidine rings is 1. The maximum absolute atomic E-state index is 10.8. The molecule has 0 aromatic carbocycles. The number of nitrogens with zero attached hydrogens (tertiary/aromatic N) is 1. The highest BCUT2D eigenvalue weighted by molar-refractivity contribution is 5.73. The number of rotatable bonds is 3. The average Bonchev–Trinajstić information content (AvgIpc) is 2.97. The lowest BCUT2D eigenvalue weighted by atomic mass is 9.90. The summed E-state index contributed by atoms with van der Waals surface area (Å²) in [7, 11) is 0. The second-order valence-electron chi connectivity index (χ2n) is 5.31. The van der Waals surface area contributed by atoms with Crippen molar-refractivity contribution in [2.24, 2.45) is 17.8 Å². The second-order valence-corrected chi connectivity index (χ2v) is 5.31. The standard InChI is InChI=1S/C12H21NO2/c1-8(2)13-5-3-9(4-6-13)10-7-11(10)12(14)15/h8-11H,3-7H2,1-2H3,(H,14,15). The third-order valence-corrected chi connectivity index (χ3v) is 4.07. The van der Waals surface area contributed by atoms with Crippen LogP contribution >= 0.6 is 0 Å². The van der Waals surface area contributed by atoms with Crippen LogP contribution in [0.2, 0.25) is 0 Å². The largest absolute Gasteiger partial charge is 0.481 e. The van der Waals surface area contributed by atoms with Gasteiger partial charge in [-0.25, -0.2) is 0 Å². The van der Waals surface area contributed by atoms with E-state index in [1.165, 1.54) is 12.8 Å². The number of aliphatic carboxylic acids is 1. The van der Waals surface area contributed by atoms with Crippen LogP contribution in [0, 0.1) is 17.8 Å². The SMILES string of the molecule is CC(C)N1CCC(C2CC2C(=O)O)CC1. The normalized spacial score (nSPS) is 33.3. The lowest BCUT2D eigenvalue weighted by Gasteiger charge is -2.34. The predicted molar refractivity (Wildman–Crippen MR) is 58.7 cm³/mol. The van der Waals surface area contributed by atoms with Crippen LogP contribution in [0.4, 0.5) is 0 Å². The number of hydrogen-bond acceptors (Lipinski definition) is 2. The van der Waals surface area contributed by atoms with Gasteiger partial charge in [-0.1, -0.05) is 0 Å². The van der Waals surface area contributed by atoms with E-state index in [-0.39, 0.29) is 5.92 Å². The summed E-state index contributed by atoms with van der Waals surface area (Å²) in [5.74, 6) is 0.588. The first kappa shape index (κ1) is 10.9. The topological polar surface area (TPSA) is 40.5 Å². The number of carboxylic acid groups (broad SMARTS) is 1. The van der Waals surface area contributed by atoms with Crippen LogP contribution in [0.1, 0.15) is 33.1 Å². The van der Waals surface area contributed by atoms with E-state index >= 15 is 0 Å². The molecule has 15 heavy (non-hydrogen) atoms. The van der Waals surface area contributed by atoms with Crippen molar-refractivity contribution in [3.63, 3.8) is 0 Å². The summed E-state index contributed by atoms with van der Waals surface area (Å²) in [6.07, 6.45) is 3.33. The molecule has 2 aliphatic rings. The van der Waals surface area contributed by atoms with Crippen molar-refractivity contribution in [1.82, 2.24) is 4.90 Å². The molecule has 2 unspecified atom stereocenters. The van der Waals surface area contributed by atoms with Gasteiger partial charge < -0.3 is 10.0 Å². The minimum absolute atomic E-state index is 0.0133. The van der Waals surface area contributed by atoms with Gasteiger partial charge in [0.2, 0.25) is 0 Å². The molecule has 86 valence electrons. The Labute approximate surface area is 91.5 Å². The zero-order valence-electron chi connectivity index (χ0n) is 9.65. The molecule has 0 radical (unpaired) electrons.